The fourth-order valence-electron chi connectivity index (χ4n) is 1.33. The summed E-state index contributed by atoms with van der Waals surface area (Å²) in [5.74, 6) is 0.802. The summed E-state index contributed by atoms with van der Waals surface area (Å²) >= 11 is 5.66. The molecule has 0 spiro atoms. The van der Waals surface area contributed by atoms with E-state index >= 15 is 0 Å². The summed E-state index contributed by atoms with van der Waals surface area (Å²) in [7, 11) is 0. The summed E-state index contributed by atoms with van der Waals surface area (Å²) in [5, 5.41) is 0.121. The van der Waals surface area contributed by atoms with Gasteiger partial charge < -0.3 is 4.42 Å². The van der Waals surface area contributed by atoms with Crippen LogP contribution in [0.3, 0.4) is 0 Å². The molecule has 2 aromatic rings. The van der Waals surface area contributed by atoms with Crippen LogP contribution in [0.4, 0.5) is 4.39 Å². The highest BCUT2D eigenvalue weighted by Gasteiger charge is 2.09. The average molecular weight is 226 g/mol. The van der Waals surface area contributed by atoms with Crippen LogP contribution in [0, 0.1) is 12.7 Å². The van der Waals surface area contributed by atoms with Gasteiger partial charge in [0, 0.05) is 0 Å². The van der Waals surface area contributed by atoms with Crippen LogP contribution in [0.1, 0.15) is 17.2 Å². The molecule has 2 nitrogen and oxygen atoms in total. The topological polar surface area (TPSA) is 26.0 Å². The minimum atomic E-state index is -0.407. The molecule has 0 aliphatic rings. The van der Waals surface area contributed by atoms with E-state index in [1.54, 1.807) is 25.3 Å². The third-order valence-electron chi connectivity index (χ3n) is 2.04. The van der Waals surface area contributed by atoms with Gasteiger partial charge in [0.1, 0.15) is 11.6 Å². The molecule has 0 radical (unpaired) electrons. The second-order valence-electron chi connectivity index (χ2n) is 3.25. The molecule has 2 rings (SSSR count). The van der Waals surface area contributed by atoms with E-state index in [1.807, 2.05) is 0 Å². The normalized spacial score (nSPS) is 10.6. The third-order valence-corrected chi connectivity index (χ3v) is 2.33. The highest BCUT2D eigenvalue weighted by molar-refractivity contribution is 6.30. The molecule has 0 aliphatic carbocycles. The van der Waals surface area contributed by atoms with Crippen LogP contribution in [-0.4, -0.2) is 4.98 Å². The summed E-state index contributed by atoms with van der Waals surface area (Å²) in [5.41, 5.74) is 0.490. The van der Waals surface area contributed by atoms with Crippen molar-refractivity contribution < 1.29 is 8.81 Å². The Bertz CT molecular complexity index is 481. The van der Waals surface area contributed by atoms with E-state index in [1.165, 1.54) is 6.07 Å². The lowest BCUT2D eigenvalue weighted by Crippen LogP contribution is -1.93. The van der Waals surface area contributed by atoms with Gasteiger partial charge in [-0.25, -0.2) is 9.37 Å². The van der Waals surface area contributed by atoms with Crippen molar-refractivity contribution in [2.45, 2.75) is 13.3 Å². The van der Waals surface area contributed by atoms with Crippen molar-refractivity contribution in [1.29, 1.82) is 0 Å². The molecule has 0 amide bonds. The van der Waals surface area contributed by atoms with E-state index in [2.05, 4.69) is 4.98 Å². The highest BCUT2D eigenvalue weighted by atomic mass is 35.5. The van der Waals surface area contributed by atoms with E-state index in [9.17, 15) is 4.39 Å². The maximum absolute atomic E-state index is 13.5. The molecule has 15 heavy (non-hydrogen) atoms. The molecule has 0 saturated carbocycles. The Morgan fingerprint density at radius 2 is 2.27 bits per heavy atom. The number of benzene rings is 1. The zero-order chi connectivity index (χ0) is 10.8. The number of hydrogen-bond donors (Lipinski definition) is 0. The number of rotatable bonds is 2. The molecule has 0 fully saturated rings. The number of oxazole rings is 1. The van der Waals surface area contributed by atoms with E-state index in [-0.39, 0.29) is 5.02 Å². The zero-order valence-electron chi connectivity index (χ0n) is 8.13. The first-order valence-electron chi connectivity index (χ1n) is 4.51. The van der Waals surface area contributed by atoms with Gasteiger partial charge >= 0.3 is 0 Å². The maximum Gasteiger partial charge on any atom is 0.198 e. The lowest BCUT2D eigenvalue weighted by Gasteiger charge is -2.01. The second kappa shape index (κ2) is 4.03. The molecule has 4 heteroatoms. The Morgan fingerprint density at radius 3 is 2.93 bits per heavy atom. The summed E-state index contributed by atoms with van der Waals surface area (Å²) < 4.78 is 18.8. The Labute approximate surface area is 91.7 Å². The molecule has 78 valence electrons. The molecule has 0 saturated heterocycles. The van der Waals surface area contributed by atoms with Crippen LogP contribution in [0.2, 0.25) is 5.02 Å². The largest absolute Gasteiger partial charge is 0.446 e. The van der Waals surface area contributed by atoms with Crippen LogP contribution in [0.15, 0.2) is 28.8 Å². The summed E-state index contributed by atoms with van der Waals surface area (Å²) in [6, 6.07) is 4.89. The number of aromatic nitrogens is 1. The van der Waals surface area contributed by atoms with Gasteiger partial charge in [0.2, 0.25) is 0 Å². The fourth-order valence-corrected chi connectivity index (χ4v) is 1.53. The van der Waals surface area contributed by atoms with Crippen LogP contribution >= 0.6 is 11.6 Å². The van der Waals surface area contributed by atoms with E-state index in [0.29, 0.717) is 23.6 Å². The average Bonchev–Trinajstić information content (AvgIpc) is 2.59. The van der Waals surface area contributed by atoms with Gasteiger partial charge in [0.05, 0.1) is 17.6 Å². The SMILES string of the molecule is Cc1cnc(Cc2cccc(Cl)c2F)o1. The standard InChI is InChI=1S/C11H9ClFNO/c1-7-6-14-10(15-7)5-8-3-2-4-9(12)11(8)13/h2-4,6H,5H2,1H3. The van der Waals surface area contributed by atoms with Crippen molar-refractivity contribution in [3.8, 4) is 0 Å². The first kappa shape index (κ1) is 10.2. The van der Waals surface area contributed by atoms with Gasteiger partial charge in [0.15, 0.2) is 5.89 Å². The molecule has 0 unspecified atom stereocenters. The quantitative estimate of drug-likeness (QED) is 0.783. The van der Waals surface area contributed by atoms with Gasteiger partial charge in [-0.1, -0.05) is 23.7 Å². The van der Waals surface area contributed by atoms with Crippen LogP contribution in [0.25, 0.3) is 0 Å². The van der Waals surface area contributed by atoms with Crippen LogP contribution < -0.4 is 0 Å². The van der Waals surface area contributed by atoms with Gasteiger partial charge in [-0.15, -0.1) is 0 Å². The minimum absolute atomic E-state index is 0.121. The maximum atomic E-state index is 13.5. The van der Waals surface area contributed by atoms with Crippen molar-refractivity contribution in [2.75, 3.05) is 0 Å². The van der Waals surface area contributed by atoms with Gasteiger partial charge in [0.25, 0.3) is 0 Å². The van der Waals surface area contributed by atoms with Crippen LogP contribution in [-0.2, 0) is 6.42 Å². The fraction of sp³-hybridized carbons (Fsp3) is 0.182. The zero-order valence-corrected chi connectivity index (χ0v) is 8.88. The Morgan fingerprint density at radius 1 is 1.47 bits per heavy atom. The first-order chi connectivity index (χ1) is 7.16. The van der Waals surface area contributed by atoms with Crippen LogP contribution in [0.5, 0.6) is 0 Å². The first-order valence-corrected chi connectivity index (χ1v) is 4.89. The summed E-state index contributed by atoms with van der Waals surface area (Å²) in [6.07, 6.45) is 1.93. The molecule has 1 aromatic carbocycles. The number of halogens is 2. The van der Waals surface area contributed by atoms with E-state index in [0.717, 1.165) is 0 Å². The summed E-state index contributed by atoms with van der Waals surface area (Å²) in [6.45, 7) is 1.80. The Kier molecular flexibility index (Phi) is 2.73. The van der Waals surface area contributed by atoms with Crippen molar-refractivity contribution >= 4 is 11.6 Å². The van der Waals surface area contributed by atoms with E-state index < -0.39 is 5.82 Å². The molecule has 1 heterocycles. The summed E-state index contributed by atoms with van der Waals surface area (Å²) in [4.78, 5) is 4.01. The van der Waals surface area contributed by atoms with Crippen molar-refractivity contribution in [3.63, 3.8) is 0 Å². The molecule has 0 aliphatic heterocycles. The van der Waals surface area contributed by atoms with Crippen molar-refractivity contribution in [2.24, 2.45) is 0 Å². The molecular formula is C11H9ClFNO. The Hall–Kier alpha value is -1.35. The minimum Gasteiger partial charge on any atom is -0.446 e. The highest BCUT2D eigenvalue weighted by Crippen LogP contribution is 2.20. The van der Waals surface area contributed by atoms with Crippen molar-refractivity contribution in [3.05, 3.63) is 52.5 Å². The third kappa shape index (κ3) is 2.18. The van der Waals surface area contributed by atoms with Gasteiger partial charge in [-0.05, 0) is 18.6 Å². The molecule has 0 N–H and O–H groups in total. The second-order valence-corrected chi connectivity index (χ2v) is 3.66. The lowest BCUT2D eigenvalue weighted by atomic mass is 10.1. The van der Waals surface area contributed by atoms with Gasteiger partial charge in [-0.3, -0.25) is 0 Å². The molecular weight excluding hydrogens is 217 g/mol. The number of aryl methyl sites for hydroxylation is 1. The molecule has 0 atom stereocenters. The van der Waals surface area contributed by atoms with Gasteiger partial charge in [-0.2, -0.15) is 0 Å². The monoisotopic (exact) mass is 225 g/mol. The van der Waals surface area contributed by atoms with E-state index in [4.69, 9.17) is 16.0 Å². The number of nitrogens with zero attached hydrogens (tertiary/aromatic N) is 1. The molecule has 1 aromatic heterocycles. The Balaban J connectivity index is 2.28. The number of hydrogen-bond acceptors (Lipinski definition) is 2. The lowest BCUT2D eigenvalue weighted by molar-refractivity contribution is 0.477. The predicted molar refractivity (Wildman–Crippen MR) is 55.5 cm³/mol. The molecule has 0 bridgehead atoms. The smallest absolute Gasteiger partial charge is 0.198 e. The van der Waals surface area contributed by atoms with Crippen molar-refractivity contribution in [1.82, 2.24) is 4.98 Å². The predicted octanol–water partition coefficient (Wildman–Crippen LogP) is 3.37.